The molecule has 24 heavy (non-hydrogen) atoms. The Morgan fingerprint density at radius 1 is 1.17 bits per heavy atom. The van der Waals surface area contributed by atoms with Gasteiger partial charge < -0.3 is 5.32 Å². The lowest BCUT2D eigenvalue weighted by Gasteiger charge is -2.17. The Bertz CT molecular complexity index is 820. The lowest BCUT2D eigenvalue weighted by Crippen LogP contribution is -2.38. The lowest BCUT2D eigenvalue weighted by molar-refractivity contribution is -0.121. The van der Waals surface area contributed by atoms with Gasteiger partial charge in [0.05, 0.1) is 11.4 Å². The number of benzene rings is 2. The molecule has 1 amide bonds. The maximum atomic E-state index is 12.4. The normalized spacial score (nSPS) is 11.5. The first kappa shape index (κ1) is 18.4. The number of hydrogen-bond donors (Lipinski definition) is 1. The molecule has 0 unspecified atom stereocenters. The Morgan fingerprint density at radius 2 is 1.83 bits per heavy atom. The first-order chi connectivity index (χ1) is 11.3. The number of amides is 1. The van der Waals surface area contributed by atoms with Crippen LogP contribution in [0.3, 0.4) is 0 Å². The summed E-state index contributed by atoms with van der Waals surface area (Å²) >= 11 is 5.76. The Balaban J connectivity index is 1.96. The highest BCUT2D eigenvalue weighted by Crippen LogP contribution is 2.17. The third-order valence-electron chi connectivity index (χ3n) is 3.46. The van der Waals surface area contributed by atoms with E-state index in [0.717, 1.165) is 15.4 Å². The average Bonchev–Trinajstić information content (AvgIpc) is 2.53. The Hall–Kier alpha value is -1.89. The van der Waals surface area contributed by atoms with Gasteiger partial charge >= 0.3 is 0 Å². The molecule has 0 heterocycles. The Kier molecular flexibility index (Phi) is 5.99. The smallest absolute Gasteiger partial charge is 0.243 e. The van der Waals surface area contributed by atoms with Crippen LogP contribution in [-0.4, -0.2) is 32.2 Å². The van der Waals surface area contributed by atoms with Crippen molar-refractivity contribution in [2.24, 2.45) is 0 Å². The van der Waals surface area contributed by atoms with Gasteiger partial charge in [-0.2, -0.15) is 4.31 Å². The molecule has 0 radical (unpaired) electrons. The second kappa shape index (κ2) is 7.79. The molecule has 0 aliphatic heterocycles. The number of carbonyl (C=O) groups is 1. The number of nitrogens with one attached hydrogen (secondary N) is 1. The van der Waals surface area contributed by atoms with E-state index in [0.29, 0.717) is 11.6 Å². The lowest BCUT2D eigenvalue weighted by atomic mass is 10.1. The van der Waals surface area contributed by atoms with Gasteiger partial charge in [-0.3, -0.25) is 4.79 Å². The minimum atomic E-state index is -3.73. The molecule has 1 N–H and O–H groups in total. The van der Waals surface area contributed by atoms with Crippen molar-refractivity contribution >= 4 is 27.5 Å². The largest absolute Gasteiger partial charge is 0.351 e. The molecular weight excluding hydrogens is 348 g/mol. The molecule has 5 nitrogen and oxygen atoms in total. The molecule has 2 aromatic rings. The molecule has 0 bridgehead atoms. The Labute approximate surface area is 147 Å². The van der Waals surface area contributed by atoms with Crippen molar-refractivity contribution in [1.82, 2.24) is 9.62 Å². The van der Waals surface area contributed by atoms with Gasteiger partial charge in [-0.25, -0.2) is 8.42 Å². The number of hydrogen-bond acceptors (Lipinski definition) is 3. The van der Waals surface area contributed by atoms with E-state index in [1.54, 1.807) is 0 Å². The van der Waals surface area contributed by atoms with Crippen LogP contribution in [-0.2, 0) is 21.4 Å². The standard InChI is InChI=1S/C17H19ClN2O3S/c1-13-4-3-5-14(10-13)11-19-17(21)12-20(2)24(22,23)16-8-6-15(18)7-9-16/h3-10H,11-12H2,1-2H3,(H,19,21). The van der Waals surface area contributed by atoms with E-state index in [1.807, 2.05) is 31.2 Å². The topological polar surface area (TPSA) is 66.5 Å². The van der Waals surface area contributed by atoms with Crippen LogP contribution in [0.15, 0.2) is 53.4 Å². The molecule has 7 heteroatoms. The van der Waals surface area contributed by atoms with Crippen LogP contribution >= 0.6 is 11.6 Å². The highest BCUT2D eigenvalue weighted by atomic mass is 35.5. The average molecular weight is 367 g/mol. The van der Waals surface area contributed by atoms with Gasteiger partial charge in [0.15, 0.2) is 0 Å². The van der Waals surface area contributed by atoms with Crippen molar-refractivity contribution in [2.45, 2.75) is 18.4 Å². The fraction of sp³-hybridized carbons (Fsp3) is 0.235. The fourth-order valence-corrected chi connectivity index (χ4v) is 3.41. The van der Waals surface area contributed by atoms with E-state index in [-0.39, 0.29) is 17.3 Å². The van der Waals surface area contributed by atoms with Crippen molar-refractivity contribution in [3.63, 3.8) is 0 Å². The summed E-state index contributed by atoms with van der Waals surface area (Å²) in [5.74, 6) is -0.364. The number of halogens is 1. The number of sulfonamides is 1. The quantitative estimate of drug-likeness (QED) is 0.854. The summed E-state index contributed by atoms with van der Waals surface area (Å²) in [4.78, 5) is 12.1. The second-order valence-electron chi connectivity index (χ2n) is 5.48. The van der Waals surface area contributed by atoms with Crippen LogP contribution in [0.25, 0.3) is 0 Å². The third kappa shape index (κ3) is 4.80. The fourth-order valence-electron chi connectivity index (χ4n) is 2.15. The molecular formula is C17H19ClN2O3S. The molecule has 0 atom stereocenters. The molecule has 0 aromatic heterocycles. The van der Waals surface area contributed by atoms with Crippen LogP contribution in [0.2, 0.25) is 5.02 Å². The second-order valence-corrected chi connectivity index (χ2v) is 7.96. The number of likely N-dealkylation sites (N-methyl/N-ethyl adjacent to an activating group) is 1. The molecule has 128 valence electrons. The molecule has 0 saturated carbocycles. The van der Waals surface area contributed by atoms with E-state index in [1.165, 1.54) is 31.3 Å². The highest BCUT2D eigenvalue weighted by molar-refractivity contribution is 7.89. The predicted octanol–water partition coefficient (Wildman–Crippen LogP) is 2.59. The van der Waals surface area contributed by atoms with E-state index in [4.69, 9.17) is 11.6 Å². The van der Waals surface area contributed by atoms with E-state index >= 15 is 0 Å². The summed E-state index contributed by atoms with van der Waals surface area (Å²) in [5.41, 5.74) is 2.07. The predicted molar refractivity (Wildman–Crippen MR) is 94.3 cm³/mol. The minimum absolute atomic E-state index is 0.0980. The van der Waals surface area contributed by atoms with Gasteiger partial charge in [0, 0.05) is 18.6 Å². The summed E-state index contributed by atoms with van der Waals surface area (Å²) < 4.78 is 25.8. The van der Waals surface area contributed by atoms with Crippen LogP contribution in [0.1, 0.15) is 11.1 Å². The molecule has 0 spiro atoms. The van der Waals surface area contributed by atoms with Gasteiger partial charge in [0.25, 0.3) is 0 Å². The van der Waals surface area contributed by atoms with Crippen LogP contribution in [0.5, 0.6) is 0 Å². The zero-order chi connectivity index (χ0) is 17.7. The van der Waals surface area contributed by atoms with E-state index < -0.39 is 10.0 Å². The monoisotopic (exact) mass is 366 g/mol. The Morgan fingerprint density at radius 3 is 2.46 bits per heavy atom. The van der Waals surface area contributed by atoms with Gasteiger partial charge in [-0.05, 0) is 36.8 Å². The summed E-state index contributed by atoms with van der Waals surface area (Å²) in [7, 11) is -2.36. The maximum Gasteiger partial charge on any atom is 0.243 e. The summed E-state index contributed by atoms with van der Waals surface area (Å²) in [6.07, 6.45) is 0. The number of nitrogens with zero attached hydrogens (tertiary/aromatic N) is 1. The molecule has 2 aromatic carbocycles. The summed E-state index contributed by atoms with van der Waals surface area (Å²) in [6, 6.07) is 13.6. The van der Waals surface area contributed by atoms with E-state index in [2.05, 4.69) is 5.32 Å². The zero-order valence-electron chi connectivity index (χ0n) is 13.5. The highest BCUT2D eigenvalue weighted by Gasteiger charge is 2.22. The summed E-state index contributed by atoms with van der Waals surface area (Å²) in [6.45, 7) is 2.07. The van der Waals surface area contributed by atoms with Crippen molar-refractivity contribution in [3.05, 3.63) is 64.7 Å². The SMILES string of the molecule is Cc1cccc(CNC(=O)CN(C)S(=O)(=O)c2ccc(Cl)cc2)c1. The molecule has 0 fully saturated rings. The van der Waals surface area contributed by atoms with E-state index in [9.17, 15) is 13.2 Å². The first-order valence-corrected chi connectivity index (χ1v) is 9.15. The molecule has 0 saturated heterocycles. The van der Waals surface area contributed by atoms with Crippen molar-refractivity contribution in [3.8, 4) is 0 Å². The van der Waals surface area contributed by atoms with Crippen molar-refractivity contribution < 1.29 is 13.2 Å². The molecule has 0 aliphatic rings. The number of carbonyl (C=O) groups excluding carboxylic acids is 1. The number of aryl methyl sites for hydroxylation is 1. The van der Waals surface area contributed by atoms with Gasteiger partial charge in [0.1, 0.15) is 0 Å². The van der Waals surface area contributed by atoms with Gasteiger partial charge in [0.2, 0.25) is 15.9 Å². The van der Waals surface area contributed by atoms with Gasteiger partial charge in [-0.15, -0.1) is 0 Å². The van der Waals surface area contributed by atoms with Crippen LogP contribution in [0.4, 0.5) is 0 Å². The van der Waals surface area contributed by atoms with Crippen molar-refractivity contribution in [2.75, 3.05) is 13.6 Å². The first-order valence-electron chi connectivity index (χ1n) is 7.33. The zero-order valence-corrected chi connectivity index (χ0v) is 15.1. The molecule has 0 aliphatic carbocycles. The minimum Gasteiger partial charge on any atom is -0.351 e. The number of rotatable bonds is 6. The maximum absolute atomic E-state index is 12.4. The summed E-state index contributed by atoms with van der Waals surface area (Å²) in [5, 5.41) is 3.17. The van der Waals surface area contributed by atoms with Gasteiger partial charge in [-0.1, -0.05) is 41.4 Å². The van der Waals surface area contributed by atoms with Crippen LogP contribution in [0, 0.1) is 6.92 Å². The van der Waals surface area contributed by atoms with Crippen molar-refractivity contribution in [1.29, 1.82) is 0 Å². The third-order valence-corrected chi connectivity index (χ3v) is 5.53. The molecule has 2 rings (SSSR count). The van der Waals surface area contributed by atoms with Crippen LogP contribution < -0.4 is 5.32 Å².